The summed E-state index contributed by atoms with van der Waals surface area (Å²) >= 11 is 0. The standard InChI is InChI=1S/C13H27NO2S/c1-13(2)8-6-11(7-9-13)12(14)5-4-10-17(3,15)16/h11-12H,4-10,14H2,1-3H3. The molecule has 17 heavy (non-hydrogen) atoms. The van der Waals surface area contributed by atoms with Gasteiger partial charge in [0.25, 0.3) is 0 Å². The van der Waals surface area contributed by atoms with Gasteiger partial charge in [0.05, 0.1) is 0 Å². The van der Waals surface area contributed by atoms with E-state index in [2.05, 4.69) is 13.8 Å². The van der Waals surface area contributed by atoms with Gasteiger partial charge in [0.2, 0.25) is 0 Å². The van der Waals surface area contributed by atoms with E-state index in [0.717, 1.165) is 6.42 Å². The van der Waals surface area contributed by atoms with E-state index in [-0.39, 0.29) is 11.8 Å². The second-order valence-corrected chi connectivity index (χ2v) is 8.70. The van der Waals surface area contributed by atoms with Crippen molar-refractivity contribution in [1.29, 1.82) is 0 Å². The smallest absolute Gasteiger partial charge is 0.147 e. The van der Waals surface area contributed by atoms with Crippen LogP contribution in [0.5, 0.6) is 0 Å². The van der Waals surface area contributed by atoms with Crippen molar-refractivity contribution in [2.75, 3.05) is 12.0 Å². The molecule has 0 bridgehead atoms. The maximum atomic E-state index is 11.0. The SMILES string of the molecule is CC1(C)CCC(C(N)CCCS(C)(=O)=O)CC1. The highest BCUT2D eigenvalue weighted by atomic mass is 32.2. The Balaban J connectivity index is 2.27. The van der Waals surface area contributed by atoms with Gasteiger partial charge in [-0.1, -0.05) is 13.8 Å². The second-order valence-electron chi connectivity index (χ2n) is 6.44. The van der Waals surface area contributed by atoms with E-state index in [0.29, 0.717) is 17.8 Å². The molecule has 0 spiro atoms. The first-order valence-electron chi connectivity index (χ1n) is 6.63. The van der Waals surface area contributed by atoms with Crippen molar-refractivity contribution in [3.8, 4) is 0 Å². The minimum absolute atomic E-state index is 0.188. The molecule has 1 unspecified atom stereocenters. The van der Waals surface area contributed by atoms with Gasteiger partial charge >= 0.3 is 0 Å². The molecular weight excluding hydrogens is 234 g/mol. The highest BCUT2D eigenvalue weighted by molar-refractivity contribution is 7.90. The zero-order chi connectivity index (χ0) is 13.1. The maximum Gasteiger partial charge on any atom is 0.147 e. The highest BCUT2D eigenvalue weighted by Gasteiger charge is 2.29. The summed E-state index contributed by atoms with van der Waals surface area (Å²) in [5.41, 5.74) is 6.65. The van der Waals surface area contributed by atoms with Crippen LogP contribution >= 0.6 is 0 Å². The van der Waals surface area contributed by atoms with E-state index in [1.54, 1.807) is 0 Å². The fraction of sp³-hybridized carbons (Fsp3) is 1.00. The van der Waals surface area contributed by atoms with Crippen LogP contribution in [-0.4, -0.2) is 26.5 Å². The summed E-state index contributed by atoms with van der Waals surface area (Å²) in [7, 11) is -2.82. The second kappa shape index (κ2) is 5.70. The van der Waals surface area contributed by atoms with Crippen LogP contribution in [0.25, 0.3) is 0 Å². The molecule has 1 fully saturated rings. The third kappa shape index (κ3) is 5.87. The third-order valence-electron chi connectivity index (χ3n) is 4.04. The molecule has 1 aliphatic carbocycles. The normalized spacial score (nSPS) is 23.5. The lowest BCUT2D eigenvalue weighted by Gasteiger charge is -2.36. The molecule has 0 saturated heterocycles. The Bertz CT molecular complexity index is 325. The van der Waals surface area contributed by atoms with Crippen molar-refractivity contribution < 1.29 is 8.42 Å². The lowest BCUT2D eigenvalue weighted by atomic mass is 9.71. The molecule has 3 nitrogen and oxygen atoms in total. The molecule has 1 aliphatic rings. The fourth-order valence-electron chi connectivity index (χ4n) is 2.67. The van der Waals surface area contributed by atoms with Crippen molar-refractivity contribution in [3.63, 3.8) is 0 Å². The minimum Gasteiger partial charge on any atom is -0.327 e. The van der Waals surface area contributed by atoms with Crippen LogP contribution in [0, 0.1) is 11.3 Å². The van der Waals surface area contributed by atoms with Crippen LogP contribution in [0.3, 0.4) is 0 Å². The predicted octanol–water partition coefficient (Wildman–Crippen LogP) is 2.35. The first kappa shape index (κ1) is 15.0. The van der Waals surface area contributed by atoms with Gasteiger partial charge in [0.15, 0.2) is 0 Å². The first-order chi connectivity index (χ1) is 7.70. The summed E-state index contributed by atoms with van der Waals surface area (Å²) in [4.78, 5) is 0. The first-order valence-corrected chi connectivity index (χ1v) is 8.69. The topological polar surface area (TPSA) is 60.2 Å². The monoisotopic (exact) mass is 261 g/mol. The number of hydrogen-bond donors (Lipinski definition) is 1. The number of sulfone groups is 1. The van der Waals surface area contributed by atoms with Crippen LogP contribution in [0.2, 0.25) is 0 Å². The summed E-state index contributed by atoms with van der Waals surface area (Å²) in [6.45, 7) is 4.64. The Hall–Kier alpha value is -0.0900. The van der Waals surface area contributed by atoms with Gasteiger partial charge in [-0.2, -0.15) is 0 Å². The molecule has 0 aliphatic heterocycles. The van der Waals surface area contributed by atoms with Crippen molar-refractivity contribution >= 4 is 9.84 Å². The van der Waals surface area contributed by atoms with E-state index in [1.165, 1.54) is 31.9 Å². The van der Waals surface area contributed by atoms with Crippen molar-refractivity contribution in [2.24, 2.45) is 17.1 Å². The van der Waals surface area contributed by atoms with Gasteiger partial charge in [-0.25, -0.2) is 8.42 Å². The van der Waals surface area contributed by atoms with Gasteiger partial charge in [-0.15, -0.1) is 0 Å². The molecule has 0 radical (unpaired) electrons. The summed E-state index contributed by atoms with van der Waals surface area (Å²) in [6.07, 6.45) is 7.74. The van der Waals surface area contributed by atoms with Gasteiger partial charge in [0.1, 0.15) is 9.84 Å². The van der Waals surface area contributed by atoms with Crippen molar-refractivity contribution in [3.05, 3.63) is 0 Å². The Morgan fingerprint density at radius 3 is 2.29 bits per heavy atom. The lowest BCUT2D eigenvalue weighted by molar-refractivity contribution is 0.170. The Morgan fingerprint density at radius 1 is 1.29 bits per heavy atom. The van der Waals surface area contributed by atoms with Crippen LogP contribution in [0.4, 0.5) is 0 Å². The van der Waals surface area contributed by atoms with Crippen LogP contribution in [0.1, 0.15) is 52.4 Å². The summed E-state index contributed by atoms with van der Waals surface area (Å²) < 4.78 is 22.1. The summed E-state index contributed by atoms with van der Waals surface area (Å²) in [6, 6.07) is 0.188. The Kier molecular flexibility index (Phi) is 5.02. The quantitative estimate of drug-likeness (QED) is 0.826. The number of rotatable bonds is 5. The van der Waals surface area contributed by atoms with Crippen LogP contribution < -0.4 is 5.73 Å². The molecule has 1 atom stereocenters. The number of nitrogens with two attached hydrogens (primary N) is 1. The molecule has 4 heteroatoms. The molecule has 1 saturated carbocycles. The average Bonchev–Trinajstić information content (AvgIpc) is 2.15. The van der Waals surface area contributed by atoms with E-state index in [9.17, 15) is 8.42 Å². The third-order valence-corrected chi connectivity index (χ3v) is 5.07. The van der Waals surface area contributed by atoms with E-state index < -0.39 is 9.84 Å². The largest absolute Gasteiger partial charge is 0.327 e. The van der Waals surface area contributed by atoms with Gasteiger partial charge < -0.3 is 5.73 Å². The molecule has 0 aromatic rings. The highest BCUT2D eigenvalue weighted by Crippen LogP contribution is 2.39. The number of hydrogen-bond acceptors (Lipinski definition) is 3. The lowest BCUT2D eigenvalue weighted by Crippen LogP contribution is -2.35. The van der Waals surface area contributed by atoms with Gasteiger partial charge in [0, 0.05) is 18.1 Å². The molecular formula is C13H27NO2S. The molecule has 1 rings (SSSR count). The minimum atomic E-state index is -2.82. The van der Waals surface area contributed by atoms with Gasteiger partial charge in [-0.3, -0.25) is 0 Å². The zero-order valence-electron chi connectivity index (χ0n) is 11.4. The average molecular weight is 261 g/mol. The molecule has 0 amide bonds. The van der Waals surface area contributed by atoms with Crippen molar-refractivity contribution in [1.82, 2.24) is 0 Å². The van der Waals surface area contributed by atoms with E-state index >= 15 is 0 Å². The van der Waals surface area contributed by atoms with Gasteiger partial charge in [-0.05, 0) is 49.9 Å². The molecule has 0 aromatic heterocycles. The molecule has 0 heterocycles. The van der Waals surface area contributed by atoms with Crippen molar-refractivity contribution in [2.45, 2.75) is 58.4 Å². The Morgan fingerprint density at radius 2 is 1.82 bits per heavy atom. The summed E-state index contributed by atoms with van der Waals surface area (Å²) in [5, 5.41) is 0. The zero-order valence-corrected chi connectivity index (χ0v) is 12.2. The summed E-state index contributed by atoms with van der Waals surface area (Å²) in [5.74, 6) is 0.876. The fourth-order valence-corrected chi connectivity index (χ4v) is 3.36. The predicted molar refractivity (Wildman–Crippen MR) is 72.7 cm³/mol. The van der Waals surface area contributed by atoms with Crippen LogP contribution in [0.15, 0.2) is 0 Å². The molecule has 102 valence electrons. The molecule has 2 N–H and O–H groups in total. The van der Waals surface area contributed by atoms with E-state index in [1.807, 2.05) is 0 Å². The van der Waals surface area contributed by atoms with Crippen LogP contribution in [-0.2, 0) is 9.84 Å². The maximum absolute atomic E-state index is 11.0. The van der Waals surface area contributed by atoms with E-state index in [4.69, 9.17) is 5.73 Å². The molecule has 0 aromatic carbocycles. The Labute approximate surface area is 106 Å².